The number of aromatic amines is 1. The van der Waals surface area contributed by atoms with Crippen LogP contribution in [0, 0.1) is 0 Å². The summed E-state index contributed by atoms with van der Waals surface area (Å²) in [4.78, 5) is 8.86. The van der Waals surface area contributed by atoms with Crippen LogP contribution in [0.3, 0.4) is 0 Å². The van der Waals surface area contributed by atoms with Gasteiger partial charge in [-0.3, -0.25) is 0 Å². The van der Waals surface area contributed by atoms with Gasteiger partial charge in [0.1, 0.15) is 5.82 Å². The molecule has 0 saturated heterocycles. The molecule has 0 amide bonds. The van der Waals surface area contributed by atoms with Crippen LogP contribution in [0.1, 0.15) is 5.82 Å². The van der Waals surface area contributed by atoms with Crippen LogP contribution in [-0.4, -0.2) is 16.5 Å². The summed E-state index contributed by atoms with van der Waals surface area (Å²) < 4.78 is 1.30. The summed E-state index contributed by atoms with van der Waals surface area (Å²) in [6.07, 6.45) is 2.68. The quantitative estimate of drug-likeness (QED) is 0.743. The van der Waals surface area contributed by atoms with Crippen LogP contribution in [0.15, 0.2) is 36.5 Å². The number of nitrogens with one attached hydrogen (secondary N) is 1. The number of hydrogen-bond acceptors (Lipinski definition) is 3. The minimum Gasteiger partial charge on any atom is -0.341 e. The van der Waals surface area contributed by atoms with Crippen LogP contribution in [-0.2, 0) is 6.42 Å². The van der Waals surface area contributed by atoms with Gasteiger partial charge in [0.2, 0.25) is 0 Å². The summed E-state index contributed by atoms with van der Waals surface area (Å²) >= 11 is 1.78. The second-order valence-electron chi connectivity index (χ2n) is 3.93. The molecule has 3 nitrogen and oxygen atoms in total. The summed E-state index contributed by atoms with van der Waals surface area (Å²) in [5.41, 5.74) is 6.59. The predicted octanol–water partition coefficient (Wildman–Crippen LogP) is 2.79. The van der Waals surface area contributed by atoms with Crippen molar-refractivity contribution in [1.82, 2.24) is 9.97 Å². The van der Waals surface area contributed by atoms with Gasteiger partial charge in [-0.15, -0.1) is 11.3 Å². The van der Waals surface area contributed by atoms with Gasteiger partial charge in [0.25, 0.3) is 0 Å². The van der Waals surface area contributed by atoms with Crippen molar-refractivity contribution in [2.45, 2.75) is 6.42 Å². The molecule has 0 saturated carbocycles. The van der Waals surface area contributed by atoms with E-state index < -0.39 is 0 Å². The molecule has 0 bridgehead atoms. The SMILES string of the molecule is NCCc1ncc(-c2cc3ccccc3s2)[nH]1. The van der Waals surface area contributed by atoms with E-state index in [0.717, 1.165) is 17.9 Å². The molecule has 86 valence electrons. The number of H-pyrrole nitrogens is 1. The number of nitrogens with zero attached hydrogens (tertiary/aromatic N) is 1. The average Bonchev–Trinajstić information content (AvgIpc) is 2.94. The Balaban J connectivity index is 2.01. The Morgan fingerprint density at radius 2 is 2.18 bits per heavy atom. The second kappa shape index (κ2) is 4.31. The Morgan fingerprint density at radius 3 is 3.00 bits per heavy atom. The monoisotopic (exact) mass is 243 g/mol. The standard InChI is InChI=1S/C13H13N3S/c14-6-5-13-15-8-10(16-13)12-7-9-3-1-2-4-11(9)17-12/h1-4,7-8H,5-6,14H2,(H,15,16). The minimum atomic E-state index is 0.624. The molecule has 2 aromatic heterocycles. The fourth-order valence-electron chi connectivity index (χ4n) is 1.87. The molecule has 0 aliphatic carbocycles. The van der Waals surface area contributed by atoms with Gasteiger partial charge in [-0.25, -0.2) is 4.98 Å². The highest BCUT2D eigenvalue weighted by atomic mass is 32.1. The Bertz CT molecular complexity index is 606. The molecule has 17 heavy (non-hydrogen) atoms. The summed E-state index contributed by atoms with van der Waals surface area (Å²) in [6, 6.07) is 10.6. The highest BCUT2D eigenvalue weighted by Gasteiger charge is 2.06. The Kier molecular flexibility index (Phi) is 2.66. The number of aromatic nitrogens is 2. The lowest BCUT2D eigenvalue weighted by Gasteiger charge is -1.91. The van der Waals surface area contributed by atoms with E-state index in [1.807, 2.05) is 6.20 Å². The fraction of sp³-hybridized carbons (Fsp3) is 0.154. The third-order valence-electron chi connectivity index (χ3n) is 2.70. The zero-order valence-electron chi connectivity index (χ0n) is 9.31. The van der Waals surface area contributed by atoms with E-state index in [4.69, 9.17) is 5.73 Å². The molecule has 1 aromatic carbocycles. The van der Waals surface area contributed by atoms with Crippen molar-refractivity contribution < 1.29 is 0 Å². The van der Waals surface area contributed by atoms with Gasteiger partial charge in [0.15, 0.2) is 0 Å². The summed E-state index contributed by atoms with van der Waals surface area (Å²) in [6.45, 7) is 0.624. The van der Waals surface area contributed by atoms with Gasteiger partial charge in [-0.05, 0) is 24.1 Å². The fourth-order valence-corrected chi connectivity index (χ4v) is 2.89. The van der Waals surface area contributed by atoms with Crippen molar-refractivity contribution in [2.24, 2.45) is 5.73 Å². The first-order chi connectivity index (χ1) is 8.36. The maximum Gasteiger partial charge on any atom is 0.107 e. The maximum absolute atomic E-state index is 5.51. The average molecular weight is 243 g/mol. The van der Waals surface area contributed by atoms with Crippen molar-refractivity contribution in [1.29, 1.82) is 0 Å². The largest absolute Gasteiger partial charge is 0.341 e. The van der Waals surface area contributed by atoms with E-state index in [9.17, 15) is 0 Å². The number of thiophene rings is 1. The Hall–Kier alpha value is -1.65. The molecule has 0 spiro atoms. The van der Waals surface area contributed by atoms with Gasteiger partial charge < -0.3 is 10.7 Å². The number of nitrogens with two attached hydrogens (primary N) is 1. The predicted molar refractivity (Wildman–Crippen MR) is 72.2 cm³/mol. The highest BCUT2D eigenvalue weighted by Crippen LogP contribution is 2.32. The van der Waals surface area contributed by atoms with Crippen LogP contribution < -0.4 is 5.73 Å². The molecule has 3 aromatic rings. The van der Waals surface area contributed by atoms with Gasteiger partial charge >= 0.3 is 0 Å². The molecular formula is C13H13N3S. The number of fused-ring (bicyclic) bond motifs is 1. The molecule has 0 unspecified atom stereocenters. The van der Waals surface area contributed by atoms with Crippen LogP contribution in [0.25, 0.3) is 20.7 Å². The van der Waals surface area contributed by atoms with Gasteiger partial charge in [0.05, 0.1) is 16.8 Å². The van der Waals surface area contributed by atoms with E-state index in [-0.39, 0.29) is 0 Å². The number of imidazole rings is 1. The van der Waals surface area contributed by atoms with Crippen molar-refractivity contribution in [3.05, 3.63) is 42.4 Å². The number of benzene rings is 1. The lowest BCUT2D eigenvalue weighted by Crippen LogP contribution is -2.03. The van der Waals surface area contributed by atoms with Crippen molar-refractivity contribution >= 4 is 21.4 Å². The molecule has 3 rings (SSSR count). The van der Waals surface area contributed by atoms with Gasteiger partial charge in [0, 0.05) is 11.1 Å². The zero-order chi connectivity index (χ0) is 11.7. The lowest BCUT2D eigenvalue weighted by molar-refractivity contribution is 0.895. The Morgan fingerprint density at radius 1 is 1.29 bits per heavy atom. The summed E-state index contributed by atoms with van der Waals surface area (Å²) in [5, 5.41) is 1.28. The number of hydrogen-bond donors (Lipinski definition) is 2. The van der Waals surface area contributed by atoms with Crippen molar-refractivity contribution in [3.8, 4) is 10.6 Å². The molecular weight excluding hydrogens is 230 g/mol. The first-order valence-corrected chi connectivity index (χ1v) is 6.41. The van der Waals surface area contributed by atoms with E-state index >= 15 is 0 Å². The molecule has 0 fully saturated rings. The first kappa shape index (κ1) is 10.5. The first-order valence-electron chi connectivity index (χ1n) is 5.60. The summed E-state index contributed by atoms with van der Waals surface area (Å²) in [7, 11) is 0. The van der Waals surface area contributed by atoms with Crippen LogP contribution in [0.5, 0.6) is 0 Å². The molecule has 0 radical (unpaired) electrons. The van der Waals surface area contributed by atoms with Crippen LogP contribution >= 0.6 is 11.3 Å². The number of rotatable bonds is 3. The maximum atomic E-state index is 5.51. The second-order valence-corrected chi connectivity index (χ2v) is 5.01. The van der Waals surface area contributed by atoms with Gasteiger partial charge in [-0.1, -0.05) is 18.2 Å². The molecule has 0 aliphatic rings. The van der Waals surface area contributed by atoms with E-state index in [1.54, 1.807) is 11.3 Å². The van der Waals surface area contributed by atoms with Crippen LogP contribution in [0.2, 0.25) is 0 Å². The van der Waals surface area contributed by atoms with Crippen LogP contribution in [0.4, 0.5) is 0 Å². The molecule has 2 heterocycles. The molecule has 0 atom stereocenters. The Labute approximate surface area is 103 Å². The van der Waals surface area contributed by atoms with Gasteiger partial charge in [-0.2, -0.15) is 0 Å². The normalized spacial score (nSPS) is 11.1. The minimum absolute atomic E-state index is 0.624. The zero-order valence-corrected chi connectivity index (χ0v) is 10.1. The van der Waals surface area contributed by atoms with E-state index in [1.165, 1.54) is 15.0 Å². The lowest BCUT2D eigenvalue weighted by atomic mass is 10.2. The van der Waals surface area contributed by atoms with Crippen molar-refractivity contribution in [3.63, 3.8) is 0 Å². The topological polar surface area (TPSA) is 54.7 Å². The van der Waals surface area contributed by atoms with E-state index in [0.29, 0.717) is 6.54 Å². The highest BCUT2D eigenvalue weighted by molar-refractivity contribution is 7.22. The molecule has 0 aliphatic heterocycles. The van der Waals surface area contributed by atoms with E-state index in [2.05, 4.69) is 40.3 Å². The summed E-state index contributed by atoms with van der Waals surface area (Å²) in [5.74, 6) is 0.958. The third kappa shape index (κ3) is 1.97. The molecule has 4 heteroatoms. The molecule has 3 N–H and O–H groups in total. The third-order valence-corrected chi connectivity index (χ3v) is 3.85. The smallest absolute Gasteiger partial charge is 0.107 e. The van der Waals surface area contributed by atoms with Crippen molar-refractivity contribution in [2.75, 3.05) is 6.54 Å².